The van der Waals surface area contributed by atoms with Gasteiger partial charge in [0.15, 0.2) is 0 Å². The van der Waals surface area contributed by atoms with E-state index in [9.17, 15) is 27.9 Å². The first-order valence-corrected chi connectivity index (χ1v) is 9.22. The first kappa shape index (κ1) is 19.3. The quantitative estimate of drug-likeness (QED) is 0.821. The number of carbonyl (C=O) groups is 2. The van der Waals surface area contributed by atoms with Gasteiger partial charge in [0.05, 0.1) is 0 Å². The van der Waals surface area contributed by atoms with Crippen LogP contribution in [0.3, 0.4) is 0 Å². The standard InChI is InChI=1S/C21H18F3NO4/c22-21(23,24)18-10-9-17(19(26)27)25(18)20(28)29-11-16-14-7-3-1-5-12(14)13-6-2-4-8-15(13)16/h1-8,16-18H,9-11H2,(H,26,27)/t17-,18+/m1/s1. The number of amides is 1. The zero-order valence-corrected chi connectivity index (χ0v) is 15.2. The normalized spacial score (nSPS) is 21.0. The highest BCUT2D eigenvalue weighted by molar-refractivity contribution is 5.82. The van der Waals surface area contributed by atoms with Crippen LogP contribution >= 0.6 is 0 Å². The topological polar surface area (TPSA) is 66.8 Å². The highest BCUT2D eigenvalue weighted by atomic mass is 19.4. The van der Waals surface area contributed by atoms with Crippen LogP contribution in [0.4, 0.5) is 18.0 Å². The molecule has 1 fully saturated rings. The molecule has 1 heterocycles. The number of fused-ring (bicyclic) bond motifs is 3. The van der Waals surface area contributed by atoms with E-state index in [-0.39, 0.29) is 18.9 Å². The highest BCUT2D eigenvalue weighted by Crippen LogP contribution is 2.45. The molecule has 2 aromatic rings. The average molecular weight is 405 g/mol. The highest BCUT2D eigenvalue weighted by Gasteiger charge is 2.54. The van der Waals surface area contributed by atoms with Gasteiger partial charge in [-0.2, -0.15) is 13.2 Å². The van der Waals surface area contributed by atoms with Crippen molar-refractivity contribution in [2.75, 3.05) is 6.61 Å². The number of carboxylic acids is 1. The molecule has 8 heteroatoms. The molecule has 2 aromatic carbocycles. The Kier molecular flexibility index (Phi) is 4.72. The van der Waals surface area contributed by atoms with Crippen LogP contribution in [-0.4, -0.2) is 46.9 Å². The summed E-state index contributed by atoms with van der Waals surface area (Å²) < 4.78 is 45.2. The third-order valence-corrected chi connectivity index (χ3v) is 5.59. The molecule has 1 amide bonds. The number of nitrogens with zero attached hydrogens (tertiary/aromatic N) is 1. The Balaban J connectivity index is 1.57. The van der Waals surface area contributed by atoms with E-state index < -0.39 is 36.7 Å². The second-order valence-corrected chi connectivity index (χ2v) is 7.20. The minimum Gasteiger partial charge on any atom is -0.480 e. The Labute approximate surface area is 164 Å². The number of carbonyl (C=O) groups excluding carboxylic acids is 1. The summed E-state index contributed by atoms with van der Waals surface area (Å²) in [6.07, 6.45) is -6.68. The predicted molar refractivity (Wildman–Crippen MR) is 97.4 cm³/mol. The van der Waals surface area contributed by atoms with Crippen LogP contribution in [0.15, 0.2) is 48.5 Å². The van der Waals surface area contributed by atoms with Crippen LogP contribution in [0.25, 0.3) is 11.1 Å². The largest absolute Gasteiger partial charge is 0.480 e. The first-order chi connectivity index (χ1) is 13.8. The third-order valence-electron chi connectivity index (χ3n) is 5.59. The van der Waals surface area contributed by atoms with Gasteiger partial charge in [0.1, 0.15) is 18.7 Å². The maximum Gasteiger partial charge on any atom is 0.411 e. The molecule has 0 unspecified atom stereocenters. The smallest absolute Gasteiger partial charge is 0.411 e. The van der Waals surface area contributed by atoms with E-state index in [1.807, 2.05) is 48.5 Å². The number of alkyl halides is 3. The lowest BCUT2D eigenvalue weighted by atomic mass is 9.98. The summed E-state index contributed by atoms with van der Waals surface area (Å²) in [6.45, 7) is -0.166. The molecule has 1 N–H and O–H groups in total. The number of ether oxygens (including phenoxy) is 1. The summed E-state index contributed by atoms with van der Waals surface area (Å²) in [6, 6.07) is 11.4. The number of halogens is 3. The maximum atomic E-state index is 13.3. The molecular weight excluding hydrogens is 387 g/mol. The molecule has 0 aromatic heterocycles. The third kappa shape index (κ3) is 3.32. The Bertz CT molecular complexity index is 913. The van der Waals surface area contributed by atoms with E-state index in [1.165, 1.54) is 0 Å². The number of benzene rings is 2. The van der Waals surface area contributed by atoms with Crippen LogP contribution < -0.4 is 0 Å². The van der Waals surface area contributed by atoms with Gasteiger partial charge in [-0.05, 0) is 35.1 Å². The molecule has 4 rings (SSSR count). The van der Waals surface area contributed by atoms with Gasteiger partial charge in [-0.25, -0.2) is 9.59 Å². The fraction of sp³-hybridized carbons (Fsp3) is 0.333. The van der Waals surface area contributed by atoms with Crippen molar-refractivity contribution in [1.82, 2.24) is 4.90 Å². The minimum atomic E-state index is -4.71. The summed E-state index contributed by atoms with van der Waals surface area (Å²) in [5.41, 5.74) is 3.82. The van der Waals surface area contributed by atoms with E-state index in [4.69, 9.17) is 4.74 Å². The first-order valence-electron chi connectivity index (χ1n) is 9.22. The fourth-order valence-corrected chi connectivity index (χ4v) is 4.30. The summed E-state index contributed by atoms with van der Waals surface area (Å²) in [5.74, 6) is -1.79. The van der Waals surface area contributed by atoms with E-state index in [1.54, 1.807) is 0 Å². The monoisotopic (exact) mass is 405 g/mol. The van der Waals surface area contributed by atoms with Gasteiger partial charge in [-0.3, -0.25) is 4.90 Å². The molecule has 0 saturated carbocycles. The SMILES string of the molecule is O=C(O)[C@H]1CC[C@@H](C(F)(F)F)N1C(=O)OCC1c2ccccc2-c2ccccc21. The number of aliphatic carboxylic acids is 1. The van der Waals surface area contributed by atoms with Crippen LogP contribution in [0.1, 0.15) is 29.9 Å². The second kappa shape index (κ2) is 7.09. The summed E-state index contributed by atoms with van der Waals surface area (Å²) in [5, 5.41) is 9.24. The van der Waals surface area contributed by atoms with Gasteiger partial charge in [-0.15, -0.1) is 0 Å². The molecule has 0 spiro atoms. The molecular formula is C21H18F3NO4. The van der Waals surface area contributed by atoms with Gasteiger partial charge in [0.2, 0.25) is 0 Å². The Hall–Kier alpha value is -3.03. The molecule has 0 radical (unpaired) electrons. The minimum absolute atomic E-state index is 0.166. The van der Waals surface area contributed by atoms with Crippen molar-refractivity contribution < 1.29 is 32.6 Å². The lowest BCUT2D eigenvalue weighted by molar-refractivity contribution is -0.177. The van der Waals surface area contributed by atoms with E-state index in [2.05, 4.69) is 0 Å². The predicted octanol–water partition coefficient (Wildman–Crippen LogP) is 4.42. The van der Waals surface area contributed by atoms with Gasteiger partial charge in [-0.1, -0.05) is 48.5 Å². The summed E-state index contributed by atoms with van der Waals surface area (Å²) >= 11 is 0. The molecule has 0 bridgehead atoms. The van der Waals surface area contributed by atoms with Crippen molar-refractivity contribution in [3.63, 3.8) is 0 Å². The fourth-order valence-electron chi connectivity index (χ4n) is 4.30. The summed E-state index contributed by atoms with van der Waals surface area (Å²) in [7, 11) is 0. The Morgan fingerprint density at radius 3 is 2.07 bits per heavy atom. The maximum absolute atomic E-state index is 13.3. The lowest BCUT2D eigenvalue weighted by Crippen LogP contribution is -2.50. The number of likely N-dealkylation sites (tertiary alicyclic amines) is 1. The lowest BCUT2D eigenvalue weighted by Gasteiger charge is -2.29. The molecule has 2 aliphatic rings. The second-order valence-electron chi connectivity index (χ2n) is 7.20. The molecule has 1 aliphatic heterocycles. The van der Waals surface area contributed by atoms with Crippen LogP contribution in [0, 0.1) is 0 Å². The van der Waals surface area contributed by atoms with Crippen LogP contribution in [0.2, 0.25) is 0 Å². The van der Waals surface area contributed by atoms with Gasteiger partial charge in [0.25, 0.3) is 0 Å². The van der Waals surface area contributed by atoms with Gasteiger partial charge < -0.3 is 9.84 Å². The van der Waals surface area contributed by atoms with Crippen LogP contribution in [-0.2, 0) is 9.53 Å². The molecule has 152 valence electrons. The molecule has 2 atom stereocenters. The van der Waals surface area contributed by atoms with Crippen LogP contribution in [0.5, 0.6) is 0 Å². The van der Waals surface area contributed by atoms with Gasteiger partial charge in [0, 0.05) is 5.92 Å². The molecule has 5 nitrogen and oxygen atoms in total. The van der Waals surface area contributed by atoms with Crippen molar-refractivity contribution in [2.45, 2.75) is 37.0 Å². The number of hydrogen-bond donors (Lipinski definition) is 1. The van der Waals surface area contributed by atoms with Crippen molar-refractivity contribution >= 4 is 12.1 Å². The van der Waals surface area contributed by atoms with Gasteiger partial charge >= 0.3 is 18.2 Å². The Morgan fingerprint density at radius 1 is 1.00 bits per heavy atom. The number of carboxylic acid groups (broad SMARTS) is 1. The molecule has 29 heavy (non-hydrogen) atoms. The van der Waals surface area contributed by atoms with Crippen molar-refractivity contribution in [1.29, 1.82) is 0 Å². The zero-order valence-electron chi connectivity index (χ0n) is 15.2. The molecule has 1 saturated heterocycles. The Morgan fingerprint density at radius 2 is 1.55 bits per heavy atom. The summed E-state index contributed by atoms with van der Waals surface area (Å²) in [4.78, 5) is 24.2. The number of rotatable bonds is 3. The van der Waals surface area contributed by atoms with Crippen molar-refractivity contribution in [2.24, 2.45) is 0 Å². The zero-order chi connectivity index (χ0) is 20.8. The molecule has 1 aliphatic carbocycles. The van der Waals surface area contributed by atoms with Crippen molar-refractivity contribution in [3.8, 4) is 11.1 Å². The van der Waals surface area contributed by atoms with E-state index >= 15 is 0 Å². The van der Waals surface area contributed by atoms with Crippen molar-refractivity contribution in [3.05, 3.63) is 59.7 Å². The number of hydrogen-bond acceptors (Lipinski definition) is 3. The average Bonchev–Trinajstić information content (AvgIpc) is 3.27. The van der Waals surface area contributed by atoms with E-state index in [0.29, 0.717) is 4.90 Å². The van der Waals surface area contributed by atoms with E-state index in [0.717, 1.165) is 22.3 Å².